The summed E-state index contributed by atoms with van der Waals surface area (Å²) in [6, 6.07) is 8.41. The Balaban J connectivity index is 2.18. The predicted octanol–water partition coefficient (Wildman–Crippen LogP) is 4.95. The van der Waals surface area contributed by atoms with Gasteiger partial charge in [-0.15, -0.1) is 6.58 Å². The number of hydrogen-bond donors (Lipinski definition) is 0. The summed E-state index contributed by atoms with van der Waals surface area (Å²) in [5.74, 6) is 0.551. The van der Waals surface area contributed by atoms with Crippen LogP contribution in [0.5, 0.6) is 11.5 Å². The summed E-state index contributed by atoms with van der Waals surface area (Å²) < 4.78 is 13.1. The molecule has 0 saturated heterocycles. The zero-order valence-electron chi connectivity index (χ0n) is 14.7. The van der Waals surface area contributed by atoms with Crippen LogP contribution < -0.4 is 14.3 Å². The van der Waals surface area contributed by atoms with Gasteiger partial charge in [0.05, 0.1) is 35.0 Å². The fraction of sp³-hybridized carbons (Fsp3) is 0.158. The second-order valence-corrected chi connectivity index (χ2v) is 7.35. The lowest BCUT2D eigenvalue weighted by Crippen LogP contribution is -2.16. The number of amides is 1. The van der Waals surface area contributed by atoms with E-state index in [1.54, 1.807) is 43.5 Å². The van der Waals surface area contributed by atoms with Gasteiger partial charge in [0.25, 0.3) is 5.91 Å². The monoisotopic (exact) mass is 422 g/mol. The van der Waals surface area contributed by atoms with Crippen molar-refractivity contribution in [3.05, 3.63) is 63.4 Å². The maximum atomic E-state index is 12.8. The van der Waals surface area contributed by atoms with Crippen LogP contribution in [0.2, 0.25) is 10.0 Å². The van der Waals surface area contributed by atoms with Crippen molar-refractivity contribution in [1.82, 2.24) is 4.57 Å². The molecule has 1 heterocycles. The number of carbonyl (C=O) groups is 1. The largest absolute Gasteiger partial charge is 0.497 e. The van der Waals surface area contributed by atoms with Gasteiger partial charge in [-0.3, -0.25) is 4.79 Å². The average Bonchev–Trinajstić information content (AvgIpc) is 2.98. The number of rotatable bonds is 5. The minimum atomic E-state index is -0.430. The first-order valence-corrected chi connectivity index (χ1v) is 9.46. The number of benzene rings is 2. The van der Waals surface area contributed by atoms with Gasteiger partial charge >= 0.3 is 0 Å². The number of ether oxygens (including phenoxy) is 2. The normalized spacial score (nSPS) is 11.6. The molecule has 3 aromatic rings. The van der Waals surface area contributed by atoms with Gasteiger partial charge in [0, 0.05) is 17.6 Å². The summed E-state index contributed by atoms with van der Waals surface area (Å²) >= 11 is 13.8. The van der Waals surface area contributed by atoms with E-state index < -0.39 is 5.91 Å². The van der Waals surface area contributed by atoms with E-state index >= 15 is 0 Å². The third-order valence-electron chi connectivity index (χ3n) is 3.84. The highest BCUT2D eigenvalue weighted by Crippen LogP contribution is 2.30. The van der Waals surface area contributed by atoms with Gasteiger partial charge in [-0.1, -0.05) is 40.6 Å². The second kappa shape index (κ2) is 8.17. The van der Waals surface area contributed by atoms with E-state index in [1.807, 2.05) is 4.57 Å². The number of hydrogen-bond acceptors (Lipinski definition) is 4. The van der Waals surface area contributed by atoms with E-state index in [0.29, 0.717) is 38.5 Å². The third kappa shape index (κ3) is 3.88. The SMILES string of the molecule is C=CCn1c(=NC(=O)c2ccc(OC)cc2OC)sc2cc(Cl)cc(Cl)c21. The lowest BCUT2D eigenvalue weighted by molar-refractivity contribution is 0.0995. The summed E-state index contributed by atoms with van der Waals surface area (Å²) in [6.07, 6.45) is 1.72. The van der Waals surface area contributed by atoms with E-state index in [-0.39, 0.29) is 0 Å². The first-order valence-electron chi connectivity index (χ1n) is 7.88. The minimum absolute atomic E-state index is 0.338. The van der Waals surface area contributed by atoms with Crippen molar-refractivity contribution in [2.24, 2.45) is 4.99 Å². The first kappa shape index (κ1) is 19.5. The number of allylic oxidation sites excluding steroid dienone is 1. The molecule has 0 aliphatic heterocycles. The minimum Gasteiger partial charge on any atom is -0.497 e. The van der Waals surface area contributed by atoms with Crippen molar-refractivity contribution in [2.75, 3.05) is 14.2 Å². The molecular weight excluding hydrogens is 407 g/mol. The third-order valence-corrected chi connectivity index (χ3v) is 5.37. The van der Waals surface area contributed by atoms with Crippen molar-refractivity contribution in [2.45, 2.75) is 6.54 Å². The molecule has 0 unspecified atom stereocenters. The molecule has 0 aliphatic carbocycles. The molecule has 5 nitrogen and oxygen atoms in total. The number of fused-ring (bicyclic) bond motifs is 1. The molecule has 0 atom stereocenters. The van der Waals surface area contributed by atoms with Crippen LogP contribution >= 0.6 is 34.5 Å². The number of thiazole rings is 1. The Morgan fingerprint density at radius 2 is 2.04 bits per heavy atom. The maximum absolute atomic E-state index is 12.8. The Bertz CT molecular complexity index is 1100. The number of nitrogens with zero attached hydrogens (tertiary/aromatic N) is 2. The number of carbonyl (C=O) groups excluding carboxylic acids is 1. The van der Waals surface area contributed by atoms with E-state index in [9.17, 15) is 4.79 Å². The summed E-state index contributed by atoms with van der Waals surface area (Å²) in [6.45, 7) is 4.22. The molecule has 27 heavy (non-hydrogen) atoms. The second-order valence-electron chi connectivity index (χ2n) is 5.50. The van der Waals surface area contributed by atoms with E-state index in [2.05, 4.69) is 11.6 Å². The molecule has 0 saturated carbocycles. The van der Waals surface area contributed by atoms with Gasteiger partial charge in [0.15, 0.2) is 4.80 Å². The predicted molar refractivity (Wildman–Crippen MR) is 109 cm³/mol. The van der Waals surface area contributed by atoms with Crippen LogP contribution in [0.4, 0.5) is 0 Å². The number of aromatic nitrogens is 1. The molecule has 0 bridgehead atoms. The fourth-order valence-electron chi connectivity index (χ4n) is 2.64. The van der Waals surface area contributed by atoms with Gasteiger partial charge in [0.1, 0.15) is 11.5 Å². The first-order chi connectivity index (χ1) is 13.0. The van der Waals surface area contributed by atoms with Gasteiger partial charge in [-0.25, -0.2) is 0 Å². The summed E-state index contributed by atoms with van der Waals surface area (Å²) in [7, 11) is 3.04. The molecule has 0 fully saturated rings. The van der Waals surface area contributed by atoms with Crippen LogP contribution in [-0.2, 0) is 6.54 Å². The molecule has 2 aromatic carbocycles. The Morgan fingerprint density at radius 1 is 1.26 bits per heavy atom. The molecule has 0 N–H and O–H groups in total. The van der Waals surface area contributed by atoms with E-state index in [0.717, 1.165) is 10.2 Å². The highest BCUT2D eigenvalue weighted by atomic mass is 35.5. The molecule has 8 heteroatoms. The Hall–Kier alpha value is -2.28. The molecular formula is C19H16Cl2N2O3S. The fourth-order valence-corrected chi connectivity index (χ4v) is 4.46. The number of halogens is 2. The Labute approximate surface area is 170 Å². The van der Waals surface area contributed by atoms with E-state index in [4.69, 9.17) is 32.7 Å². The summed E-state index contributed by atoms with van der Waals surface area (Å²) in [5, 5.41) is 1.01. The zero-order valence-corrected chi connectivity index (χ0v) is 17.0. The Morgan fingerprint density at radius 3 is 2.70 bits per heavy atom. The van der Waals surface area contributed by atoms with Gasteiger partial charge in [-0.05, 0) is 24.3 Å². The lowest BCUT2D eigenvalue weighted by atomic mass is 10.2. The number of methoxy groups -OCH3 is 2. The topological polar surface area (TPSA) is 52.8 Å². The van der Waals surface area contributed by atoms with Crippen LogP contribution in [0, 0.1) is 0 Å². The smallest absolute Gasteiger partial charge is 0.283 e. The standard InChI is InChI=1S/C19H16Cl2N2O3S/c1-4-7-23-17-14(21)8-11(20)9-16(17)27-19(23)22-18(24)13-6-5-12(25-2)10-15(13)26-3/h4-6,8-10H,1,7H2,2-3H3. The molecule has 0 radical (unpaired) electrons. The van der Waals surface area contributed by atoms with Crippen LogP contribution in [-0.4, -0.2) is 24.7 Å². The molecule has 0 spiro atoms. The quantitative estimate of drug-likeness (QED) is 0.546. The van der Waals surface area contributed by atoms with Crippen LogP contribution in [0.25, 0.3) is 10.2 Å². The van der Waals surface area contributed by atoms with Crippen molar-refractivity contribution in [3.63, 3.8) is 0 Å². The van der Waals surface area contributed by atoms with Gasteiger partial charge in [0.2, 0.25) is 0 Å². The highest BCUT2D eigenvalue weighted by Gasteiger charge is 2.15. The zero-order chi connectivity index (χ0) is 19.6. The maximum Gasteiger partial charge on any atom is 0.283 e. The molecule has 0 aliphatic rings. The van der Waals surface area contributed by atoms with Crippen molar-refractivity contribution < 1.29 is 14.3 Å². The molecule has 1 amide bonds. The molecule has 140 valence electrons. The Kier molecular flexibility index (Phi) is 5.89. The van der Waals surface area contributed by atoms with Crippen molar-refractivity contribution in [1.29, 1.82) is 0 Å². The molecule has 3 rings (SSSR count). The van der Waals surface area contributed by atoms with Crippen LogP contribution in [0.3, 0.4) is 0 Å². The van der Waals surface area contributed by atoms with Crippen LogP contribution in [0.1, 0.15) is 10.4 Å². The molecule has 1 aromatic heterocycles. The van der Waals surface area contributed by atoms with Gasteiger partial charge in [-0.2, -0.15) is 4.99 Å². The summed E-state index contributed by atoms with van der Waals surface area (Å²) in [4.78, 5) is 17.6. The summed E-state index contributed by atoms with van der Waals surface area (Å²) in [5.41, 5.74) is 1.10. The van der Waals surface area contributed by atoms with Gasteiger partial charge < -0.3 is 14.0 Å². The van der Waals surface area contributed by atoms with Crippen molar-refractivity contribution >= 4 is 50.7 Å². The van der Waals surface area contributed by atoms with Crippen molar-refractivity contribution in [3.8, 4) is 11.5 Å². The lowest BCUT2D eigenvalue weighted by Gasteiger charge is -2.07. The average molecular weight is 423 g/mol. The van der Waals surface area contributed by atoms with Crippen LogP contribution in [0.15, 0.2) is 48.0 Å². The highest BCUT2D eigenvalue weighted by molar-refractivity contribution is 7.16. The van der Waals surface area contributed by atoms with E-state index in [1.165, 1.54) is 18.4 Å².